The summed E-state index contributed by atoms with van der Waals surface area (Å²) in [7, 11) is 1.82. The van der Waals surface area contributed by atoms with E-state index in [-0.39, 0.29) is 0 Å². The lowest BCUT2D eigenvalue weighted by Gasteiger charge is -2.04. The number of rotatable bonds is 2. The van der Waals surface area contributed by atoms with Gasteiger partial charge in [-0.2, -0.15) is 5.10 Å². The molecule has 0 aromatic carbocycles. The van der Waals surface area contributed by atoms with Crippen molar-refractivity contribution in [2.45, 2.75) is 13.8 Å². The summed E-state index contributed by atoms with van der Waals surface area (Å²) < 4.78 is 1.70. The molecule has 86 valence electrons. The van der Waals surface area contributed by atoms with Crippen LogP contribution in [0.4, 0.5) is 5.82 Å². The van der Waals surface area contributed by atoms with Crippen molar-refractivity contribution >= 4 is 11.9 Å². The van der Waals surface area contributed by atoms with Crippen molar-refractivity contribution in [3.05, 3.63) is 29.7 Å². The number of hydrogen-bond donors (Lipinski definition) is 0. The molecule has 2 rings (SSSR count). The highest BCUT2D eigenvalue weighted by molar-refractivity contribution is 5.78. The SMILES string of the molecule is Cc1cnccc1-c1c(N=C=O)nn(C)c1C. The zero-order chi connectivity index (χ0) is 12.4. The maximum Gasteiger partial charge on any atom is 0.242 e. The second-order valence-electron chi connectivity index (χ2n) is 3.80. The number of isocyanates is 1. The Kier molecular flexibility index (Phi) is 2.85. The first kappa shape index (κ1) is 11.2. The first-order valence-electron chi connectivity index (χ1n) is 5.17. The van der Waals surface area contributed by atoms with Gasteiger partial charge in [0.15, 0.2) is 5.82 Å². The van der Waals surface area contributed by atoms with E-state index in [1.165, 1.54) is 6.08 Å². The third-order valence-electron chi connectivity index (χ3n) is 2.76. The van der Waals surface area contributed by atoms with Gasteiger partial charge in [0, 0.05) is 25.1 Å². The Morgan fingerprint density at radius 3 is 2.82 bits per heavy atom. The van der Waals surface area contributed by atoms with E-state index in [1.807, 2.05) is 27.0 Å². The first-order valence-corrected chi connectivity index (χ1v) is 5.17. The van der Waals surface area contributed by atoms with Gasteiger partial charge >= 0.3 is 0 Å². The van der Waals surface area contributed by atoms with Crippen LogP contribution in [-0.2, 0) is 11.8 Å². The minimum atomic E-state index is 0.398. The summed E-state index contributed by atoms with van der Waals surface area (Å²) in [6.07, 6.45) is 5.02. The molecule has 0 amide bonds. The number of hydrogen-bond acceptors (Lipinski definition) is 4. The number of pyridine rings is 1. The quantitative estimate of drug-likeness (QED) is 0.584. The third kappa shape index (κ3) is 1.88. The summed E-state index contributed by atoms with van der Waals surface area (Å²) >= 11 is 0. The van der Waals surface area contributed by atoms with Crippen molar-refractivity contribution in [1.82, 2.24) is 14.8 Å². The molecular formula is C12H12N4O. The summed E-state index contributed by atoms with van der Waals surface area (Å²) in [5, 5.41) is 4.18. The molecule has 0 spiro atoms. The van der Waals surface area contributed by atoms with E-state index in [4.69, 9.17) is 0 Å². The number of nitrogens with zero attached hydrogens (tertiary/aromatic N) is 4. The van der Waals surface area contributed by atoms with E-state index in [0.29, 0.717) is 5.82 Å². The van der Waals surface area contributed by atoms with Crippen molar-refractivity contribution in [1.29, 1.82) is 0 Å². The minimum Gasteiger partial charge on any atom is -0.270 e. The highest BCUT2D eigenvalue weighted by Crippen LogP contribution is 2.33. The Balaban J connectivity index is 2.74. The molecule has 0 aliphatic heterocycles. The third-order valence-corrected chi connectivity index (χ3v) is 2.76. The predicted molar refractivity (Wildman–Crippen MR) is 63.7 cm³/mol. The Hall–Kier alpha value is -2.26. The molecule has 0 bridgehead atoms. The molecule has 0 unspecified atom stereocenters. The summed E-state index contributed by atoms with van der Waals surface area (Å²) in [5.74, 6) is 0.398. The maximum atomic E-state index is 10.4. The van der Waals surface area contributed by atoms with Crippen LogP contribution in [0.3, 0.4) is 0 Å². The Bertz CT molecular complexity index is 609. The van der Waals surface area contributed by atoms with Gasteiger partial charge in [0.1, 0.15) is 0 Å². The predicted octanol–water partition coefficient (Wildman–Crippen LogP) is 2.07. The Labute approximate surface area is 98.8 Å². The molecule has 5 nitrogen and oxygen atoms in total. The lowest BCUT2D eigenvalue weighted by atomic mass is 10.0. The van der Waals surface area contributed by atoms with Crippen LogP contribution in [0.15, 0.2) is 23.5 Å². The van der Waals surface area contributed by atoms with E-state index in [0.717, 1.165) is 22.4 Å². The number of aromatic nitrogens is 3. The minimum absolute atomic E-state index is 0.398. The summed E-state index contributed by atoms with van der Waals surface area (Å²) in [6.45, 7) is 3.90. The molecule has 0 radical (unpaired) electrons. The average Bonchev–Trinajstić information content (AvgIpc) is 2.57. The lowest BCUT2D eigenvalue weighted by molar-refractivity contribution is 0.565. The second kappa shape index (κ2) is 4.31. The van der Waals surface area contributed by atoms with Gasteiger partial charge in [-0.25, -0.2) is 4.79 Å². The monoisotopic (exact) mass is 228 g/mol. The molecule has 5 heteroatoms. The van der Waals surface area contributed by atoms with Gasteiger partial charge in [-0.1, -0.05) is 0 Å². The topological polar surface area (TPSA) is 60.1 Å². The van der Waals surface area contributed by atoms with Crippen LogP contribution in [0.2, 0.25) is 0 Å². The van der Waals surface area contributed by atoms with Crippen molar-refractivity contribution in [3.63, 3.8) is 0 Å². The van der Waals surface area contributed by atoms with Gasteiger partial charge in [0.2, 0.25) is 6.08 Å². The molecule has 0 aliphatic rings. The molecule has 2 heterocycles. The molecule has 0 N–H and O–H groups in total. The average molecular weight is 228 g/mol. The summed E-state index contributed by atoms with van der Waals surface area (Å²) in [5.41, 5.74) is 3.81. The van der Waals surface area contributed by atoms with Crippen molar-refractivity contribution in [2.75, 3.05) is 0 Å². The fourth-order valence-electron chi connectivity index (χ4n) is 1.78. The number of aliphatic imine (C=N–C) groups is 1. The van der Waals surface area contributed by atoms with Crippen LogP contribution in [0.25, 0.3) is 11.1 Å². The second-order valence-corrected chi connectivity index (χ2v) is 3.80. The number of aryl methyl sites for hydroxylation is 2. The summed E-state index contributed by atoms with van der Waals surface area (Å²) in [6, 6.07) is 1.89. The molecule has 0 atom stereocenters. The summed E-state index contributed by atoms with van der Waals surface area (Å²) in [4.78, 5) is 18.1. The molecule has 2 aromatic rings. The van der Waals surface area contributed by atoms with Crippen LogP contribution < -0.4 is 0 Å². The Morgan fingerprint density at radius 2 is 2.18 bits per heavy atom. The fourth-order valence-corrected chi connectivity index (χ4v) is 1.78. The maximum absolute atomic E-state index is 10.4. The molecule has 0 fully saturated rings. The van der Waals surface area contributed by atoms with Crippen LogP contribution in [0.1, 0.15) is 11.3 Å². The molecule has 2 aromatic heterocycles. The Morgan fingerprint density at radius 1 is 1.41 bits per heavy atom. The van der Waals surface area contributed by atoms with Crippen molar-refractivity contribution in [3.8, 4) is 11.1 Å². The highest BCUT2D eigenvalue weighted by Gasteiger charge is 2.15. The zero-order valence-corrected chi connectivity index (χ0v) is 9.93. The van der Waals surface area contributed by atoms with Crippen LogP contribution in [0, 0.1) is 13.8 Å². The standard InChI is InChI=1S/C12H12N4O/c1-8-6-13-5-4-10(8)11-9(2)16(3)15-12(11)14-7-17/h4-6H,1-3H3. The van der Waals surface area contributed by atoms with E-state index in [1.54, 1.807) is 17.1 Å². The first-order chi connectivity index (χ1) is 8.15. The van der Waals surface area contributed by atoms with E-state index in [2.05, 4.69) is 15.1 Å². The molecular weight excluding hydrogens is 216 g/mol. The van der Waals surface area contributed by atoms with E-state index in [9.17, 15) is 4.79 Å². The largest absolute Gasteiger partial charge is 0.270 e. The van der Waals surface area contributed by atoms with Crippen LogP contribution >= 0.6 is 0 Å². The van der Waals surface area contributed by atoms with Gasteiger partial charge in [0.25, 0.3) is 0 Å². The van der Waals surface area contributed by atoms with Crippen molar-refractivity contribution in [2.24, 2.45) is 12.0 Å². The van der Waals surface area contributed by atoms with Crippen LogP contribution in [-0.4, -0.2) is 20.8 Å². The smallest absolute Gasteiger partial charge is 0.242 e. The van der Waals surface area contributed by atoms with Gasteiger partial charge in [-0.15, -0.1) is 4.99 Å². The van der Waals surface area contributed by atoms with Gasteiger partial charge in [-0.05, 0) is 31.0 Å². The highest BCUT2D eigenvalue weighted by atomic mass is 16.1. The van der Waals surface area contributed by atoms with E-state index >= 15 is 0 Å². The molecule has 0 saturated carbocycles. The van der Waals surface area contributed by atoms with Gasteiger partial charge in [0.05, 0.1) is 5.56 Å². The van der Waals surface area contributed by atoms with Gasteiger partial charge < -0.3 is 0 Å². The van der Waals surface area contributed by atoms with E-state index < -0.39 is 0 Å². The molecule has 17 heavy (non-hydrogen) atoms. The molecule has 0 aliphatic carbocycles. The van der Waals surface area contributed by atoms with Crippen molar-refractivity contribution < 1.29 is 4.79 Å². The lowest BCUT2D eigenvalue weighted by Crippen LogP contribution is -1.93. The zero-order valence-electron chi connectivity index (χ0n) is 9.93. The van der Waals surface area contributed by atoms with Gasteiger partial charge in [-0.3, -0.25) is 9.67 Å². The van der Waals surface area contributed by atoms with Crippen LogP contribution in [0.5, 0.6) is 0 Å². The number of carbonyl (C=O) groups excluding carboxylic acids is 1. The fraction of sp³-hybridized carbons (Fsp3) is 0.250. The molecule has 0 saturated heterocycles. The normalized spacial score (nSPS) is 10.1.